The molecule has 0 saturated heterocycles. The van der Waals surface area contributed by atoms with Crippen LogP contribution in [0.2, 0.25) is 0 Å². The molecule has 2 aliphatic rings. The molecule has 5 heteroatoms. The van der Waals surface area contributed by atoms with Crippen LogP contribution >= 0.6 is 0 Å². The molecule has 1 aliphatic carbocycles. The van der Waals surface area contributed by atoms with E-state index in [9.17, 15) is 4.79 Å². The Balaban J connectivity index is 1.30. The summed E-state index contributed by atoms with van der Waals surface area (Å²) in [4.78, 5) is 12.0. The van der Waals surface area contributed by atoms with E-state index in [2.05, 4.69) is 40.6 Å². The number of nitrogens with zero attached hydrogens (tertiary/aromatic N) is 3. The van der Waals surface area contributed by atoms with Crippen molar-refractivity contribution in [2.24, 2.45) is 22.1 Å². The average molecular weight is 456 g/mol. The van der Waals surface area contributed by atoms with Gasteiger partial charge in [0.2, 0.25) is 0 Å². The lowest BCUT2D eigenvalue weighted by molar-refractivity contribution is -0.155. The number of hydrogen-bond acceptors (Lipinski definition) is 5. The van der Waals surface area contributed by atoms with Crippen LogP contribution in [0.3, 0.4) is 0 Å². The third-order valence-corrected chi connectivity index (χ3v) is 6.59. The normalized spacial score (nSPS) is 21.1. The minimum absolute atomic E-state index is 0.0830. The molecule has 0 N–H and O–H groups in total. The Kier molecular flexibility index (Phi) is 7.26. The van der Waals surface area contributed by atoms with Gasteiger partial charge in [0.05, 0.1) is 23.0 Å². The zero-order valence-corrected chi connectivity index (χ0v) is 20.4. The number of fused-ring (bicyclic) bond motifs is 1. The summed E-state index contributed by atoms with van der Waals surface area (Å²) in [5.74, 6) is 1.06. The van der Waals surface area contributed by atoms with E-state index in [1.165, 1.54) is 5.56 Å². The van der Waals surface area contributed by atoms with E-state index in [1.54, 1.807) is 0 Å². The van der Waals surface area contributed by atoms with Crippen LogP contribution in [-0.4, -0.2) is 11.6 Å². The van der Waals surface area contributed by atoms with Crippen molar-refractivity contribution in [1.29, 1.82) is 5.26 Å². The molecule has 1 heterocycles. The van der Waals surface area contributed by atoms with Gasteiger partial charge in [0.1, 0.15) is 5.60 Å². The molecule has 0 unspecified atom stereocenters. The average Bonchev–Trinajstić information content (AvgIpc) is 2.82. The predicted octanol–water partition coefficient (Wildman–Crippen LogP) is 7.68. The molecule has 2 aromatic rings. The Hall–Kier alpha value is -3.26. The number of esters is 1. The Morgan fingerprint density at radius 2 is 1.76 bits per heavy atom. The van der Waals surface area contributed by atoms with Crippen LogP contribution in [0.15, 0.2) is 64.5 Å². The van der Waals surface area contributed by atoms with Gasteiger partial charge in [-0.15, -0.1) is 0 Å². The molecule has 2 aromatic carbocycles. The van der Waals surface area contributed by atoms with Gasteiger partial charge >= 0.3 is 5.97 Å². The van der Waals surface area contributed by atoms with Gasteiger partial charge in [-0.1, -0.05) is 30.3 Å². The van der Waals surface area contributed by atoms with Gasteiger partial charge in [0.15, 0.2) is 0 Å². The van der Waals surface area contributed by atoms with E-state index in [-0.39, 0.29) is 5.97 Å². The van der Waals surface area contributed by atoms with Crippen molar-refractivity contribution in [2.75, 3.05) is 0 Å². The summed E-state index contributed by atoms with van der Waals surface area (Å²) in [5, 5.41) is 18.0. The summed E-state index contributed by atoms with van der Waals surface area (Å²) in [6.07, 6.45) is 9.15. The van der Waals surface area contributed by atoms with Crippen LogP contribution in [0.5, 0.6) is 0 Å². The molecule has 0 aromatic heterocycles. The largest absolute Gasteiger partial charge is 0.460 e. The van der Waals surface area contributed by atoms with E-state index < -0.39 is 5.60 Å². The maximum Gasteiger partial charge on any atom is 0.306 e. The van der Waals surface area contributed by atoms with Crippen LogP contribution in [0.1, 0.15) is 70.4 Å². The lowest BCUT2D eigenvalue weighted by Gasteiger charge is -2.27. The van der Waals surface area contributed by atoms with Crippen molar-refractivity contribution >= 4 is 11.7 Å². The van der Waals surface area contributed by atoms with Crippen LogP contribution in [0, 0.1) is 23.2 Å². The highest BCUT2D eigenvalue weighted by Gasteiger charge is 2.23. The molecule has 1 fully saturated rings. The van der Waals surface area contributed by atoms with Crippen LogP contribution in [-0.2, 0) is 16.0 Å². The standard InChI is InChI=1S/C29H33N3O2/c1-29(2,3)34-28(33)15-10-20-4-6-21(7-5-20)16-26-17-25-14-13-24(18-27(25)32-31-26)23-11-8-22(19-30)9-12-23/h8-9,11-14,16,18,20-21H,4-7,10,15,17H2,1-3H3. The zero-order valence-electron chi connectivity index (χ0n) is 20.4. The Morgan fingerprint density at radius 1 is 1.06 bits per heavy atom. The topological polar surface area (TPSA) is 74.8 Å². The van der Waals surface area contributed by atoms with Gasteiger partial charge in [-0.2, -0.15) is 15.5 Å². The van der Waals surface area contributed by atoms with E-state index in [1.807, 2.05) is 45.0 Å². The maximum absolute atomic E-state index is 12.0. The van der Waals surface area contributed by atoms with Gasteiger partial charge in [-0.05, 0) is 99.6 Å². The number of rotatable bonds is 5. The lowest BCUT2D eigenvalue weighted by Crippen LogP contribution is -2.24. The van der Waals surface area contributed by atoms with E-state index in [4.69, 9.17) is 10.00 Å². The number of azo groups is 1. The third kappa shape index (κ3) is 6.41. The van der Waals surface area contributed by atoms with Crippen molar-refractivity contribution in [3.05, 3.63) is 65.4 Å². The molecule has 0 amide bonds. The molecule has 1 saturated carbocycles. The van der Waals surface area contributed by atoms with Crippen molar-refractivity contribution in [1.82, 2.24) is 0 Å². The number of allylic oxidation sites excluding steroid dienone is 2. The SMILES string of the molecule is CC(C)(C)OC(=O)CCC1CCC(C=C2Cc3ccc(-c4ccc(C#N)cc4)cc3N=N2)CC1. The molecule has 0 atom stereocenters. The quantitative estimate of drug-likeness (QED) is 0.434. The monoisotopic (exact) mass is 455 g/mol. The van der Waals surface area contributed by atoms with Crippen molar-refractivity contribution in [2.45, 2.75) is 71.3 Å². The van der Waals surface area contributed by atoms with Crippen molar-refractivity contribution < 1.29 is 9.53 Å². The smallest absolute Gasteiger partial charge is 0.306 e. The molecule has 34 heavy (non-hydrogen) atoms. The Morgan fingerprint density at radius 3 is 2.44 bits per heavy atom. The molecular weight excluding hydrogens is 422 g/mol. The number of carbonyl (C=O) groups is 1. The van der Waals surface area contributed by atoms with Crippen molar-refractivity contribution in [3.63, 3.8) is 0 Å². The van der Waals surface area contributed by atoms with E-state index in [0.717, 1.165) is 61.0 Å². The minimum atomic E-state index is -0.403. The third-order valence-electron chi connectivity index (χ3n) is 6.59. The summed E-state index contributed by atoms with van der Waals surface area (Å²) >= 11 is 0. The zero-order chi connectivity index (χ0) is 24.1. The minimum Gasteiger partial charge on any atom is -0.460 e. The van der Waals surface area contributed by atoms with Gasteiger partial charge < -0.3 is 4.74 Å². The molecule has 0 spiro atoms. The second-order valence-electron chi connectivity index (χ2n) is 10.5. The van der Waals surface area contributed by atoms with Crippen LogP contribution < -0.4 is 0 Å². The lowest BCUT2D eigenvalue weighted by atomic mass is 9.79. The predicted molar refractivity (Wildman–Crippen MR) is 133 cm³/mol. The summed E-state index contributed by atoms with van der Waals surface area (Å²) in [5.41, 5.74) is 5.58. The fraction of sp³-hybridized carbons (Fsp3) is 0.448. The second kappa shape index (κ2) is 10.3. The van der Waals surface area contributed by atoms with Crippen molar-refractivity contribution in [3.8, 4) is 17.2 Å². The number of carbonyl (C=O) groups excluding carboxylic acids is 1. The molecule has 176 valence electrons. The summed E-state index contributed by atoms with van der Waals surface area (Å²) in [6.45, 7) is 5.75. The first-order valence-electron chi connectivity index (χ1n) is 12.3. The van der Waals surface area contributed by atoms with Gasteiger partial charge in [-0.3, -0.25) is 4.79 Å². The van der Waals surface area contributed by atoms with Gasteiger partial charge in [0, 0.05) is 12.8 Å². The first kappa shape index (κ1) is 23.9. The summed E-state index contributed by atoms with van der Waals surface area (Å²) in [7, 11) is 0. The maximum atomic E-state index is 12.0. The fourth-order valence-corrected chi connectivity index (χ4v) is 4.79. The molecule has 4 rings (SSSR count). The first-order valence-corrected chi connectivity index (χ1v) is 12.3. The molecule has 5 nitrogen and oxygen atoms in total. The van der Waals surface area contributed by atoms with Gasteiger partial charge in [0.25, 0.3) is 0 Å². The first-order chi connectivity index (χ1) is 16.3. The Labute approximate surface area is 202 Å². The molecule has 0 radical (unpaired) electrons. The molecule has 0 bridgehead atoms. The highest BCUT2D eigenvalue weighted by atomic mass is 16.6. The van der Waals surface area contributed by atoms with Gasteiger partial charge in [-0.25, -0.2) is 0 Å². The fourth-order valence-electron chi connectivity index (χ4n) is 4.79. The molecular formula is C29H33N3O2. The number of benzene rings is 2. The van der Waals surface area contributed by atoms with Crippen LogP contribution in [0.4, 0.5) is 5.69 Å². The van der Waals surface area contributed by atoms with E-state index in [0.29, 0.717) is 23.8 Å². The number of nitriles is 1. The molecule has 1 aliphatic heterocycles. The van der Waals surface area contributed by atoms with E-state index >= 15 is 0 Å². The second-order valence-corrected chi connectivity index (χ2v) is 10.5. The summed E-state index contributed by atoms with van der Waals surface area (Å²) < 4.78 is 5.44. The number of ether oxygens (including phenoxy) is 1. The highest BCUT2D eigenvalue weighted by Crippen LogP contribution is 2.36. The number of hydrogen-bond donors (Lipinski definition) is 0. The highest BCUT2D eigenvalue weighted by molar-refractivity contribution is 5.70. The summed E-state index contributed by atoms with van der Waals surface area (Å²) in [6, 6.07) is 16.1. The Bertz CT molecular complexity index is 1130. The van der Waals surface area contributed by atoms with Crippen LogP contribution in [0.25, 0.3) is 11.1 Å².